The lowest BCUT2D eigenvalue weighted by atomic mass is 10.1. The van der Waals surface area contributed by atoms with Gasteiger partial charge in [-0.05, 0) is 38.1 Å². The Morgan fingerprint density at radius 2 is 1.86 bits per heavy atom. The van der Waals surface area contributed by atoms with Crippen LogP contribution >= 0.6 is 12.6 Å². The van der Waals surface area contributed by atoms with Crippen LogP contribution in [0.2, 0.25) is 0 Å². The number of likely N-dealkylation sites (tertiary alicyclic amines) is 1. The molecule has 0 spiro atoms. The number of piperidine rings is 1. The molecule has 1 aliphatic heterocycles. The van der Waals surface area contributed by atoms with Gasteiger partial charge < -0.3 is 4.42 Å². The van der Waals surface area contributed by atoms with Crippen molar-refractivity contribution >= 4 is 12.6 Å². The molecule has 1 aliphatic rings. The Morgan fingerprint density at radius 1 is 1.14 bits per heavy atom. The summed E-state index contributed by atoms with van der Waals surface area (Å²) in [4.78, 5) is 2.46. The molecule has 2 rings (SSSR count). The minimum atomic E-state index is 0.694. The maximum atomic E-state index is 5.62. The first-order chi connectivity index (χ1) is 6.88. The smallest absolute Gasteiger partial charge is 0.118 e. The molecule has 0 aliphatic carbocycles. The zero-order chi connectivity index (χ0) is 9.80. The highest BCUT2D eigenvalue weighted by Crippen LogP contribution is 2.15. The van der Waals surface area contributed by atoms with Gasteiger partial charge >= 0.3 is 0 Å². The molecule has 0 atom stereocenters. The van der Waals surface area contributed by atoms with Gasteiger partial charge in [0.2, 0.25) is 0 Å². The van der Waals surface area contributed by atoms with Gasteiger partial charge in [-0.25, -0.2) is 0 Å². The standard InChI is InChI=1S/C11H17NOS/c14-9-11-5-4-10(13-11)8-12-6-2-1-3-7-12/h4-5,14H,1-3,6-9H2. The molecule has 2 nitrogen and oxygen atoms in total. The maximum absolute atomic E-state index is 5.62. The van der Waals surface area contributed by atoms with Gasteiger partial charge in [-0.15, -0.1) is 0 Å². The number of thiol groups is 1. The molecular formula is C11H17NOS. The molecule has 0 N–H and O–H groups in total. The molecule has 0 radical (unpaired) electrons. The topological polar surface area (TPSA) is 16.4 Å². The van der Waals surface area contributed by atoms with Crippen LogP contribution in [-0.2, 0) is 12.3 Å². The maximum Gasteiger partial charge on any atom is 0.118 e. The van der Waals surface area contributed by atoms with Gasteiger partial charge in [-0.1, -0.05) is 6.42 Å². The van der Waals surface area contributed by atoms with E-state index in [1.165, 1.54) is 32.4 Å². The van der Waals surface area contributed by atoms with Crippen molar-refractivity contribution in [3.8, 4) is 0 Å². The number of hydrogen-bond acceptors (Lipinski definition) is 3. The van der Waals surface area contributed by atoms with Crippen molar-refractivity contribution in [1.29, 1.82) is 0 Å². The lowest BCUT2D eigenvalue weighted by Crippen LogP contribution is -2.28. The summed E-state index contributed by atoms with van der Waals surface area (Å²) in [5, 5.41) is 0. The highest BCUT2D eigenvalue weighted by Gasteiger charge is 2.11. The molecular weight excluding hydrogens is 194 g/mol. The second-order valence-corrected chi connectivity index (χ2v) is 4.18. The summed E-state index contributed by atoms with van der Waals surface area (Å²) in [5.41, 5.74) is 0. The second kappa shape index (κ2) is 4.89. The van der Waals surface area contributed by atoms with E-state index in [1.54, 1.807) is 0 Å². The highest BCUT2D eigenvalue weighted by atomic mass is 32.1. The van der Waals surface area contributed by atoms with Gasteiger partial charge in [-0.2, -0.15) is 12.6 Å². The fraction of sp³-hybridized carbons (Fsp3) is 0.636. The van der Waals surface area contributed by atoms with Crippen LogP contribution in [-0.4, -0.2) is 18.0 Å². The number of rotatable bonds is 3. The minimum absolute atomic E-state index is 0.694. The fourth-order valence-corrected chi connectivity index (χ4v) is 2.10. The Labute approximate surface area is 90.7 Å². The van der Waals surface area contributed by atoms with E-state index < -0.39 is 0 Å². The van der Waals surface area contributed by atoms with E-state index in [0.29, 0.717) is 5.75 Å². The van der Waals surface area contributed by atoms with Crippen LogP contribution in [0.5, 0.6) is 0 Å². The third-order valence-corrected chi connectivity index (χ3v) is 3.01. The predicted molar refractivity (Wildman–Crippen MR) is 60.5 cm³/mol. The second-order valence-electron chi connectivity index (χ2n) is 3.86. The van der Waals surface area contributed by atoms with Crippen molar-refractivity contribution in [3.63, 3.8) is 0 Å². The van der Waals surface area contributed by atoms with Crippen LogP contribution in [0.1, 0.15) is 30.8 Å². The summed E-state index contributed by atoms with van der Waals surface area (Å²) in [7, 11) is 0. The van der Waals surface area contributed by atoms with E-state index in [2.05, 4.69) is 23.6 Å². The third-order valence-electron chi connectivity index (χ3n) is 2.70. The SMILES string of the molecule is SCc1ccc(CN2CCCCC2)o1. The molecule has 1 aromatic rings. The molecule has 1 saturated heterocycles. The lowest BCUT2D eigenvalue weighted by Gasteiger charge is -2.25. The van der Waals surface area contributed by atoms with Gasteiger partial charge in [-0.3, -0.25) is 4.90 Å². The summed E-state index contributed by atoms with van der Waals surface area (Å²) in [6, 6.07) is 4.09. The number of hydrogen-bond donors (Lipinski definition) is 1. The lowest BCUT2D eigenvalue weighted by molar-refractivity contribution is 0.204. The van der Waals surface area contributed by atoms with E-state index in [9.17, 15) is 0 Å². The van der Waals surface area contributed by atoms with E-state index in [1.807, 2.05) is 6.07 Å². The van der Waals surface area contributed by atoms with Crippen LogP contribution in [0.3, 0.4) is 0 Å². The van der Waals surface area contributed by atoms with Crippen molar-refractivity contribution in [2.24, 2.45) is 0 Å². The first kappa shape index (κ1) is 10.1. The Kier molecular flexibility index (Phi) is 3.54. The molecule has 14 heavy (non-hydrogen) atoms. The van der Waals surface area contributed by atoms with Crippen LogP contribution in [0.25, 0.3) is 0 Å². The Morgan fingerprint density at radius 3 is 2.50 bits per heavy atom. The zero-order valence-electron chi connectivity index (χ0n) is 8.41. The first-order valence-corrected chi connectivity index (χ1v) is 5.92. The average Bonchev–Trinajstić information content (AvgIpc) is 2.67. The van der Waals surface area contributed by atoms with Gasteiger partial charge in [0.1, 0.15) is 11.5 Å². The summed E-state index contributed by atoms with van der Waals surface area (Å²) < 4.78 is 5.62. The first-order valence-electron chi connectivity index (χ1n) is 5.29. The molecule has 0 bridgehead atoms. The summed E-state index contributed by atoms with van der Waals surface area (Å²) >= 11 is 4.18. The van der Waals surface area contributed by atoms with Gasteiger partial charge in [0.15, 0.2) is 0 Å². The third kappa shape index (κ3) is 2.55. The van der Waals surface area contributed by atoms with Gasteiger partial charge in [0.25, 0.3) is 0 Å². The Hall–Kier alpha value is -0.410. The van der Waals surface area contributed by atoms with Gasteiger partial charge in [0.05, 0.1) is 6.54 Å². The molecule has 0 amide bonds. The number of furan rings is 1. The normalized spacial score (nSPS) is 18.6. The van der Waals surface area contributed by atoms with Crippen molar-refractivity contribution in [1.82, 2.24) is 4.90 Å². The summed E-state index contributed by atoms with van der Waals surface area (Å²) in [5.74, 6) is 2.75. The van der Waals surface area contributed by atoms with Crippen molar-refractivity contribution in [2.75, 3.05) is 13.1 Å². The molecule has 0 unspecified atom stereocenters. The van der Waals surface area contributed by atoms with E-state index in [4.69, 9.17) is 4.42 Å². The highest BCUT2D eigenvalue weighted by molar-refractivity contribution is 7.79. The average molecular weight is 211 g/mol. The minimum Gasteiger partial charge on any atom is -0.464 e. The molecule has 0 saturated carbocycles. The quantitative estimate of drug-likeness (QED) is 0.774. The van der Waals surface area contributed by atoms with Crippen molar-refractivity contribution < 1.29 is 4.42 Å². The largest absolute Gasteiger partial charge is 0.464 e. The van der Waals surface area contributed by atoms with E-state index in [0.717, 1.165) is 18.1 Å². The summed E-state index contributed by atoms with van der Waals surface area (Å²) in [6.07, 6.45) is 4.05. The Bertz CT molecular complexity index is 279. The fourth-order valence-electron chi connectivity index (χ4n) is 1.93. The van der Waals surface area contributed by atoms with Crippen LogP contribution < -0.4 is 0 Å². The summed E-state index contributed by atoms with van der Waals surface area (Å²) in [6.45, 7) is 3.40. The molecule has 0 aromatic carbocycles. The van der Waals surface area contributed by atoms with Crippen LogP contribution in [0.15, 0.2) is 16.5 Å². The molecule has 1 fully saturated rings. The zero-order valence-corrected chi connectivity index (χ0v) is 9.30. The predicted octanol–water partition coefficient (Wildman–Crippen LogP) is 2.70. The Balaban J connectivity index is 1.89. The molecule has 78 valence electrons. The molecule has 3 heteroatoms. The molecule has 1 aromatic heterocycles. The van der Waals surface area contributed by atoms with Crippen molar-refractivity contribution in [3.05, 3.63) is 23.7 Å². The van der Waals surface area contributed by atoms with Gasteiger partial charge in [0, 0.05) is 5.75 Å². The van der Waals surface area contributed by atoms with Crippen LogP contribution in [0.4, 0.5) is 0 Å². The van der Waals surface area contributed by atoms with E-state index >= 15 is 0 Å². The van der Waals surface area contributed by atoms with Crippen molar-refractivity contribution in [2.45, 2.75) is 31.6 Å². The van der Waals surface area contributed by atoms with E-state index in [-0.39, 0.29) is 0 Å². The van der Waals surface area contributed by atoms with Crippen LogP contribution in [0, 0.1) is 0 Å². The monoisotopic (exact) mass is 211 g/mol. The number of nitrogens with zero attached hydrogens (tertiary/aromatic N) is 1. The molecule has 2 heterocycles.